The zero-order valence-corrected chi connectivity index (χ0v) is 14.8. The minimum absolute atomic E-state index is 0.149. The van der Waals surface area contributed by atoms with E-state index in [9.17, 15) is 4.79 Å². The number of carbonyl (C=O) groups is 1. The molecule has 1 fully saturated rings. The monoisotopic (exact) mass is 338 g/mol. The molecule has 1 aromatic heterocycles. The normalized spacial score (nSPS) is 15.4. The van der Waals surface area contributed by atoms with Crippen molar-refractivity contribution in [1.29, 1.82) is 0 Å². The van der Waals surface area contributed by atoms with Crippen LogP contribution in [0, 0.1) is 6.92 Å². The van der Waals surface area contributed by atoms with Gasteiger partial charge in [0, 0.05) is 25.0 Å². The van der Waals surface area contributed by atoms with Gasteiger partial charge in [0.25, 0.3) is 5.91 Å². The van der Waals surface area contributed by atoms with Crippen LogP contribution in [-0.2, 0) is 6.54 Å². The molecule has 1 saturated carbocycles. The summed E-state index contributed by atoms with van der Waals surface area (Å²) in [4.78, 5) is 20.9. The van der Waals surface area contributed by atoms with Crippen LogP contribution in [-0.4, -0.2) is 21.9 Å². The summed E-state index contributed by atoms with van der Waals surface area (Å²) < 4.78 is 0. The summed E-state index contributed by atoms with van der Waals surface area (Å²) in [5.41, 5.74) is 2.77. The third-order valence-corrected chi connectivity index (χ3v) is 4.80. The van der Waals surface area contributed by atoms with Gasteiger partial charge in [0.15, 0.2) is 0 Å². The van der Waals surface area contributed by atoms with Gasteiger partial charge >= 0.3 is 0 Å². The molecule has 0 radical (unpaired) electrons. The van der Waals surface area contributed by atoms with Crippen molar-refractivity contribution in [3.63, 3.8) is 0 Å². The standard InChI is InChI=1S/C20H26N4O/c1-15-8-6-7-9-16(15)12-21-19(25)17-13-22-20(23-14-17)24-18-10-4-2-3-5-11-18/h6-9,13-14,18H,2-5,10-12H2,1H3,(H,21,25)(H,22,23,24). The van der Waals surface area contributed by atoms with E-state index < -0.39 is 0 Å². The molecule has 5 heteroatoms. The zero-order chi connectivity index (χ0) is 17.5. The van der Waals surface area contributed by atoms with E-state index in [0.29, 0.717) is 24.1 Å². The van der Waals surface area contributed by atoms with E-state index in [4.69, 9.17) is 0 Å². The molecule has 2 aromatic rings. The van der Waals surface area contributed by atoms with Gasteiger partial charge < -0.3 is 10.6 Å². The topological polar surface area (TPSA) is 66.9 Å². The summed E-state index contributed by atoms with van der Waals surface area (Å²) in [5, 5.41) is 6.32. The highest BCUT2D eigenvalue weighted by Gasteiger charge is 2.13. The van der Waals surface area contributed by atoms with Gasteiger partial charge in [-0.1, -0.05) is 49.9 Å². The number of hydrogen-bond acceptors (Lipinski definition) is 4. The lowest BCUT2D eigenvalue weighted by Gasteiger charge is -2.16. The van der Waals surface area contributed by atoms with E-state index in [1.54, 1.807) is 12.4 Å². The molecule has 25 heavy (non-hydrogen) atoms. The van der Waals surface area contributed by atoms with Crippen molar-refractivity contribution >= 4 is 11.9 Å². The van der Waals surface area contributed by atoms with Gasteiger partial charge in [0.1, 0.15) is 0 Å². The smallest absolute Gasteiger partial charge is 0.254 e. The lowest BCUT2D eigenvalue weighted by molar-refractivity contribution is 0.0950. The molecule has 132 valence electrons. The van der Waals surface area contributed by atoms with E-state index in [2.05, 4.69) is 20.6 Å². The third-order valence-electron chi connectivity index (χ3n) is 4.80. The molecular formula is C20H26N4O. The number of anilines is 1. The Labute approximate surface area is 149 Å². The van der Waals surface area contributed by atoms with Crippen molar-refractivity contribution in [2.75, 3.05) is 5.32 Å². The fourth-order valence-corrected chi connectivity index (χ4v) is 3.21. The van der Waals surface area contributed by atoms with Crippen molar-refractivity contribution in [3.8, 4) is 0 Å². The molecule has 2 N–H and O–H groups in total. The number of benzene rings is 1. The van der Waals surface area contributed by atoms with Crippen LogP contribution < -0.4 is 10.6 Å². The Morgan fingerprint density at radius 1 is 1.08 bits per heavy atom. The maximum absolute atomic E-state index is 12.3. The summed E-state index contributed by atoms with van der Waals surface area (Å²) in [6.45, 7) is 2.55. The Hall–Kier alpha value is -2.43. The summed E-state index contributed by atoms with van der Waals surface area (Å²) in [5.74, 6) is 0.464. The van der Waals surface area contributed by atoms with Crippen LogP contribution >= 0.6 is 0 Å². The lowest BCUT2D eigenvalue weighted by Crippen LogP contribution is -2.24. The van der Waals surface area contributed by atoms with Crippen molar-refractivity contribution in [1.82, 2.24) is 15.3 Å². The van der Waals surface area contributed by atoms with Gasteiger partial charge in [-0.3, -0.25) is 4.79 Å². The first-order chi connectivity index (χ1) is 12.2. The molecule has 1 heterocycles. The van der Waals surface area contributed by atoms with Crippen molar-refractivity contribution < 1.29 is 4.79 Å². The Morgan fingerprint density at radius 3 is 2.44 bits per heavy atom. The predicted octanol–water partition coefficient (Wildman–Crippen LogP) is 3.85. The van der Waals surface area contributed by atoms with Gasteiger partial charge in [0.2, 0.25) is 5.95 Å². The van der Waals surface area contributed by atoms with Gasteiger partial charge in [-0.15, -0.1) is 0 Å². The molecule has 0 unspecified atom stereocenters. The minimum Gasteiger partial charge on any atom is -0.351 e. The number of rotatable bonds is 5. The minimum atomic E-state index is -0.149. The van der Waals surface area contributed by atoms with Gasteiger partial charge in [-0.25, -0.2) is 9.97 Å². The fraction of sp³-hybridized carbons (Fsp3) is 0.450. The average molecular weight is 338 g/mol. The van der Waals surface area contributed by atoms with Crippen molar-refractivity contribution in [2.24, 2.45) is 0 Å². The molecule has 1 aliphatic rings. The van der Waals surface area contributed by atoms with Gasteiger partial charge in [-0.2, -0.15) is 0 Å². The van der Waals surface area contributed by atoms with E-state index in [-0.39, 0.29) is 5.91 Å². The molecule has 0 atom stereocenters. The van der Waals surface area contributed by atoms with Crippen LogP contribution in [0.1, 0.15) is 60.0 Å². The molecule has 1 aliphatic carbocycles. The lowest BCUT2D eigenvalue weighted by atomic mass is 10.1. The maximum atomic E-state index is 12.3. The summed E-state index contributed by atoms with van der Waals surface area (Å²) in [7, 11) is 0. The summed E-state index contributed by atoms with van der Waals surface area (Å²) in [6.07, 6.45) is 10.7. The average Bonchev–Trinajstić information content (AvgIpc) is 2.90. The van der Waals surface area contributed by atoms with E-state index in [1.807, 2.05) is 31.2 Å². The van der Waals surface area contributed by atoms with Gasteiger partial charge in [-0.05, 0) is 30.9 Å². The van der Waals surface area contributed by atoms with Crippen molar-refractivity contribution in [2.45, 2.75) is 58.0 Å². The second-order valence-corrected chi connectivity index (χ2v) is 6.74. The number of hydrogen-bond donors (Lipinski definition) is 2. The molecule has 0 aliphatic heterocycles. The Morgan fingerprint density at radius 2 is 1.76 bits per heavy atom. The number of nitrogens with zero attached hydrogens (tertiary/aromatic N) is 2. The Balaban J connectivity index is 1.54. The molecule has 0 saturated heterocycles. The number of amides is 1. The predicted molar refractivity (Wildman–Crippen MR) is 99.5 cm³/mol. The second-order valence-electron chi connectivity index (χ2n) is 6.74. The second kappa shape index (κ2) is 8.60. The molecule has 1 amide bonds. The van der Waals surface area contributed by atoms with Crippen molar-refractivity contribution in [3.05, 3.63) is 53.3 Å². The van der Waals surface area contributed by atoms with E-state index in [0.717, 1.165) is 5.56 Å². The first-order valence-electron chi connectivity index (χ1n) is 9.13. The molecule has 0 bridgehead atoms. The third kappa shape index (κ3) is 5.02. The maximum Gasteiger partial charge on any atom is 0.254 e. The molecule has 3 rings (SSSR count). The molecule has 5 nitrogen and oxygen atoms in total. The highest BCUT2D eigenvalue weighted by atomic mass is 16.1. The first kappa shape index (κ1) is 17.4. The molecule has 1 aromatic carbocycles. The summed E-state index contributed by atoms with van der Waals surface area (Å²) in [6, 6.07) is 8.48. The largest absolute Gasteiger partial charge is 0.351 e. The van der Waals surface area contributed by atoms with Crippen LogP contribution in [0.15, 0.2) is 36.7 Å². The highest BCUT2D eigenvalue weighted by Crippen LogP contribution is 2.19. The van der Waals surface area contributed by atoms with Crippen LogP contribution in [0.5, 0.6) is 0 Å². The van der Waals surface area contributed by atoms with Gasteiger partial charge in [0.05, 0.1) is 5.56 Å². The summed E-state index contributed by atoms with van der Waals surface area (Å²) >= 11 is 0. The van der Waals surface area contributed by atoms with E-state index >= 15 is 0 Å². The molecular weight excluding hydrogens is 312 g/mol. The fourth-order valence-electron chi connectivity index (χ4n) is 3.21. The van der Waals surface area contributed by atoms with Crippen LogP contribution in [0.3, 0.4) is 0 Å². The SMILES string of the molecule is Cc1ccccc1CNC(=O)c1cnc(NC2CCCCCC2)nc1. The first-order valence-corrected chi connectivity index (χ1v) is 9.13. The van der Waals surface area contributed by atoms with Crippen LogP contribution in [0.25, 0.3) is 0 Å². The Bertz CT molecular complexity index is 691. The molecule has 0 spiro atoms. The highest BCUT2D eigenvalue weighted by molar-refractivity contribution is 5.93. The number of nitrogens with one attached hydrogen (secondary N) is 2. The number of aromatic nitrogens is 2. The Kier molecular flexibility index (Phi) is 5.99. The van der Waals surface area contributed by atoms with E-state index in [1.165, 1.54) is 44.1 Å². The number of carbonyl (C=O) groups excluding carboxylic acids is 1. The van der Waals surface area contributed by atoms with Crippen LogP contribution in [0.4, 0.5) is 5.95 Å². The zero-order valence-electron chi connectivity index (χ0n) is 14.8. The van der Waals surface area contributed by atoms with Crippen LogP contribution in [0.2, 0.25) is 0 Å². The number of aryl methyl sites for hydroxylation is 1. The quantitative estimate of drug-likeness (QED) is 0.813.